The molecule has 0 spiro atoms. The lowest BCUT2D eigenvalue weighted by Gasteiger charge is -2.36. The Bertz CT molecular complexity index is 664. The number of hydrogen-bond acceptors (Lipinski definition) is 4. The number of carbonyl (C=O) groups is 2. The number of likely N-dealkylation sites (N-methyl/N-ethyl adjacent to an activating group) is 1. The van der Waals surface area contributed by atoms with E-state index in [1.165, 1.54) is 7.11 Å². The van der Waals surface area contributed by atoms with E-state index in [9.17, 15) is 9.59 Å². The first-order chi connectivity index (χ1) is 10.2. The molecule has 0 fully saturated rings. The molecule has 1 aromatic rings. The van der Waals surface area contributed by atoms with Crippen LogP contribution in [0.2, 0.25) is 0 Å². The number of carbonyl (C=O) groups excluding carboxylic acids is 2. The van der Waals surface area contributed by atoms with E-state index in [2.05, 4.69) is 4.99 Å². The van der Waals surface area contributed by atoms with E-state index in [1.807, 2.05) is 51.8 Å². The minimum Gasteiger partial charge on any atom is -0.465 e. The zero-order chi connectivity index (χ0) is 16.7. The molecule has 0 bridgehead atoms. The van der Waals surface area contributed by atoms with E-state index in [0.29, 0.717) is 17.0 Å². The van der Waals surface area contributed by atoms with Crippen molar-refractivity contribution in [3.05, 3.63) is 34.9 Å². The van der Waals surface area contributed by atoms with Crippen LogP contribution in [0.3, 0.4) is 0 Å². The molecular weight excluding hydrogens is 280 g/mol. The van der Waals surface area contributed by atoms with Crippen LogP contribution in [0, 0.1) is 12.8 Å². The lowest BCUT2D eigenvalue weighted by molar-refractivity contribution is -0.126. The maximum Gasteiger partial charge on any atom is 0.338 e. The van der Waals surface area contributed by atoms with Gasteiger partial charge in [-0.15, -0.1) is 0 Å². The fourth-order valence-corrected chi connectivity index (χ4v) is 2.75. The van der Waals surface area contributed by atoms with Crippen LogP contribution in [0.5, 0.6) is 0 Å². The molecule has 0 N–H and O–H groups in total. The second-order valence-electron chi connectivity index (χ2n) is 6.09. The molecule has 1 aliphatic heterocycles. The third kappa shape index (κ3) is 2.21. The quantitative estimate of drug-likeness (QED) is 0.805. The zero-order valence-corrected chi connectivity index (χ0v) is 13.9. The van der Waals surface area contributed by atoms with Crippen molar-refractivity contribution in [2.75, 3.05) is 14.2 Å². The second kappa shape index (κ2) is 5.55. The summed E-state index contributed by atoms with van der Waals surface area (Å²) in [6.45, 7) is 7.70. The highest BCUT2D eigenvalue weighted by Gasteiger charge is 2.47. The van der Waals surface area contributed by atoms with E-state index in [-0.39, 0.29) is 11.8 Å². The van der Waals surface area contributed by atoms with Crippen LogP contribution in [0.4, 0.5) is 0 Å². The van der Waals surface area contributed by atoms with Gasteiger partial charge >= 0.3 is 5.97 Å². The van der Waals surface area contributed by atoms with E-state index in [4.69, 9.17) is 4.74 Å². The van der Waals surface area contributed by atoms with E-state index in [0.717, 1.165) is 5.56 Å². The summed E-state index contributed by atoms with van der Waals surface area (Å²) in [4.78, 5) is 30.6. The maximum absolute atomic E-state index is 12.4. The molecule has 1 heterocycles. The summed E-state index contributed by atoms with van der Waals surface area (Å²) < 4.78 is 4.88. The first-order valence-electron chi connectivity index (χ1n) is 7.30. The molecule has 1 aromatic carbocycles. The topological polar surface area (TPSA) is 59.0 Å². The van der Waals surface area contributed by atoms with E-state index < -0.39 is 11.5 Å². The Balaban J connectivity index is 2.60. The van der Waals surface area contributed by atoms with Crippen molar-refractivity contribution in [1.82, 2.24) is 4.90 Å². The highest BCUT2D eigenvalue weighted by molar-refractivity contribution is 6.17. The van der Waals surface area contributed by atoms with Gasteiger partial charge in [0.25, 0.3) is 5.91 Å². The van der Waals surface area contributed by atoms with Gasteiger partial charge < -0.3 is 9.64 Å². The Labute approximate surface area is 131 Å². The lowest BCUT2D eigenvalue weighted by atomic mass is 9.87. The Morgan fingerprint density at radius 2 is 2.00 bits per heavy atom. The molecule has 1 aliphatic rings. The van der Waals surface area contributed by atoms with Crippen molar-refractivity contribution in [2.45, 2.75) is 33.2 Å². The largest absolute Gasteiger partial charge is 0.465 e. The van der Waals surface area contributed by atoms with Crippen LogP contribution in [0.25, 0.3) is 0 Å². The second-order valence-corrected chi connectivity index (χ2v) is 6.09. The normalized spacial score (nSPS) is 21.3. The van der Waals surface area contributed by atoms with Crippen molar-refractivity contribution in [1.29, 1.82) is 0 Å². The van der Waals surface area contributed by atoms with Gasteiger partial charge in [0.05, 0.1) is 12.7 Å². The van der Waals surface area contributed by atoms with Gasteiger partial charge in [0, 0.05) is 12.6 Å². The van der Waals surface area contributed by atoms with Crippen LogP contribution in [-0.4, -0.2) is 42.3 Å². The third-order valence-corrected chi connectivity index (χ3v) is 4.68. The molecule has 2 rings (SSSR count). The summed E-state index contributed by atoms with van der Waals surface area (Å²) in [5.41, 5.74) is 1.18. The van der Waals surface area contributed by atoms with Crippen molar-refractivity contribution in [2.24, 2.45) is 10.9 Å². The highest BCUT2D eigenvalue weighted by atomic mass is 16.5. The number of rotatable bonds is 3. The smallest absolute Gasteiger partial charge is 0.338 e. The molecule has 1 unspecified atom stereocenters. The van der Waals surface area contributed by atoms with Gasteiger partial charge in [-0.05, 0) is 25.3 Å². The van der Waals surface area contributed by atoms with Gasteiger partial charge in [0.2, 0.25) is 0 Å². The molecule has 5 nitrogen and oxygen atoms in total. The predicted octanol–water partition coefficient (Wildman–Crippen LogP) is 2.41. The van der Waals surface area contributed by atoms with Crippen LogP contribution in [0.1, 0.15) is 42.3 Å². The van der Waals surface area contributed by atoms with Gasteiger partial charge in [-0.2, -0.15) is 4.99 Å². The fraction of sp³-hybridized carbons (Fsp3) is 0.471. The van der Waals surface area contributed by atoms with Gasteiger partial charge in [-0.1, -0.05) is 32.0 Å². The number of amides is 1. The van der Waals surface area contributed by atoms with Crippen molar-refractivity contribution in [3.63, 3.8) is 0 Å². The molecule has 0 radical (unpaired) electrons. The van der Waals surface area contributed by atoms with Gasteiger partial charge in [-0.3, -0.25) is 4.79 Å². The Kier molecular flexibility index (Phi) is 4.09. The number of nitrogens with zero attached hydrogens (tertiary/aromatic N) is 2. The van der Waals surface area contributed by atoms with E-state index >= 15 is 0 Å². The number of methoxy groups -OCH3 is 1. The SMILES string of the molecule is COC(=O)c1c(C)cccc1C1=NC(=O)C(C)(C(C)C)N1C. The number of hydrogen-bond donors (Lipinski definition) is 0. The zero-order valence-electron chi connectivity index (χ0n) is 13.9. The summed E-state index contributed by atoms with van der Waals surface area (Å²) in [5.74, 6) is 0.00931. The summed E-state index contributed by atoms with van der Waals surface area (Å²) in [6, 6.07) is 5.49. The standard InChI is InChI=1S/C17H22N2O3/c1-10(2)17(4)16(21)18-14(19(17)5)12-9-7-8-11(3)13(12)15(20)22-6/h7-10H,1-6H3. The Morgan fingerprint density at radius 1 is 1.36 bits per heavy atom. The predicted molar refractivity (Wildman–Crippen MR) is 85.1 cm³/mol. The summed E-state index contributed by atoms with van der Waals surface area (Å²) in [7, 11) is 3.19. The average Bonchev–Trinajstić information content (AvgIpc) is 2.71. The van der Waals surface area contributed by atoms with Gasteiger partial charge in [-0.25, -0.2) is 4.79 Å². The number of aryl methyl sites for hydroxylation is 1. The van der Waals surface area contributed by atoms with Gasteiger partial charge in [0.15, 0.2) is 0 Å². The van der Waals surface area contributed by atoms with Crippen molar-refractivity contribution < 1.29 is 14.3 Å². The van der Waals surface area contributed by atoms with Crippen molar-refractivity contribution in [3.8, 4) is 0 Å². The molecule has 1 amide bonds. The van der Waals surface area contributed by atoms with Crippen molar-refractivity contribution >= 4 is 17.7 Å². The maximum atomic E-state index is 12.4. The van der Waals surface area contributed by atoms with Gasteiger partial charge in [0.1, 0.15) is 11.4 Å². The molecule has 5 heteroatoms. The molecule has 0 saturated carbocycles. The first-order valence-corrected chi connectivity index (χ1v) is 7.30. The molecular formula is C17H22N2O3. The molecule has 1 atom stereocenters. The number of benzene rings is 1. The third-order valence-electron chi connectivity index (χ3n) is 4.68. The highest BCUT2D eigenvalue weighted by Crippen LogP contribution is 2.33. The average molecular weight is 302 g/mol. The van der Waals surface area contributed by atoms with Crippen LogP contribution in [-0.2, 0) is 9.53 Å². The van der Waals surface area contributed by atoms with E-state index in [1.54, 1.807) is 6.07 Å². The van der Waals surface area contributed by atoms with Crippen LogP contribution in [0.15, 0.2) is 23.2 Å². The molecule has 22 heavy (non-hydrogen) atoms. The molecule has 0 aromatic heterocycles. The van der Waals surface area contributed by atoms with Crippen LogP contribution < -0.4 is 0 Å². The molecule has 0 saturated heterocycles. The molecule has 118 valence electrons. The number of amidine groups is 1. The summed E-state index contributed by atoms with van der Waals surface area (Å²) >= 11 is 0. The fourth-order valence-electron chi connectivity index (χ4n) is 2.75. The number of ether oxygens (including phenoxy) is 1. The minimum atomic E-state index is -0.702. The van der Waals surface area contributed by atoms with Crippen LogP contribution >= 0.6 is 0 Å². The minimum absolute atomic E-state index is 0.0950. The number of aliphatic imine (C=N–C) groups is 1. The summed E-state index contributed by atoms with van der Waals surface area (Å²) in [5, 5.41) is 0. The Hall–Kier alpha value is -2.17. The molecule has 0 aliphatic carbocycles. The Morgan fingerprint density at radius 3 is 2.50 bits per heavy atom. The first kappa shape index (κ1) is 16.2. The lowest BCUT2D eigenvalue weighted by Crippen LogP contribution is -2.51. The summed E-state index contributed by atoms with van der Waals surface area (Å²) in [6.07, 6.45) is 0. The monoisotopic (exact) mass is 302 g/mol. The number of esters is 1.